The van der Waals surface area contributed by atoms with E-state index in [9.17, 15) is 9.59 Å². The predicted molar refractivity (Wildman–Crippen MR) is 93.8 cm³/mol. The number of aromatic nitrogens is 2. The lowest BCUT2D eigenvalue weighted by Crippen LogP contribution is -2.49. The van der Waals surface area contributed by atoms with Gasteiger partial charge >= 0.3 is 0 Å². The molecule has 1 saturated carbocycles. The molecule has 0 atom stereocenters. The molecule has 0 bridgehead atoms. The lowest BCUT2D eigenvalue weighted by molar-refractivity contribution is -0.123. The Hall–Kier alpha value is -1.85. The van der Waals surface area contributed by atoms with Gasteiger partial charge in [0.2, 0.25) is 5.91 Å². The van der Waals surface area contributed by atoms with Gasteiger partial charge in [0, 0.05) is 23.8 Å². The Bertz CT molecular complexity index is 580. The Morgan fingerprint density at radius 3 is 2.46 bits per heavy atom. The SMILES string of the molecule is CC(C)n1cc(C(=O)N(CC(=O)NC(C)(C)C)C2CCCC2)cn1. The normalized spacial score (nSPS) is 15.8. The molecule has 2 rings (SSSR count). The van der Waals surface area contributed by atoms with E-state index in [0.717, 1.165) is 25.7 Å². The van der Waals surface area contributed by atoms with Crippen molar-refractivity contribution in [2.24, 2.45) is 0 Å². The summed E-state index contributed by atoms with van der Waals surface area (Å²) in [7, 11) is 0. The molecule has 6 heteroatoms. The van der Waals surface area contributed by atoms with E-state index in [2.05, 4.69) is 10.4 Å². The second kappa shape index (κ2) is 7.36. The fourth-order valence-electron chi connectivity index (χ4n) is 3.09. The first-order chi connectivity index (χ1) is 11.2. The van der Waals surface area contributed by atoms with E-state index in [1.807, 2.05) is 34.6 Å². The maximum Gasteiger partial charge on any atom is 0.257 e. The molecule has 0 aromatic carbocycles. The summed E-state index contributed by atoms with van der Waals surface area (Å²) in [5.74, 6) is -0.211. The zero-order chi connectivity index (χ0) is 17.9. The Balaban J connectivity index is 2.15. The van der Waals surface area contributed by atoms with Crippen LogP contribution in [0.1, 0.15) is 76.7 Å². The fourth-order valence-corrected chi connectivity index (χ4v) is 3.09. The summed E-state index contributed by atoms with van der Waals surface area (Å²) in [4.78, 5) is 27.0. The molecule has 1 aromatic heterocycles. The van der Waals surface area contributed by atoms with Crippen LogP contribution in [-0.2, 0) is 4.79 Å². The zero-order valence-electron chi connectivity index (χ0n) is 15.5. The summed E-state index contributed by atoms with van der Waals surface area (Å²) >= 11 is 0. The Labute approximate surface area is 144 Å². The molecular formula is C18H30N4O2. The van der Waals surface area contributed by atoms with Gasteiger partial charge in [-0.2, -0.15) is 5.10 Å². The van der Waals surface area contributed by atoms with Crippen LogP contribution >= 0.6 is 0 Å². The number of carbonyl (C=O) groups is 2. The molecule has 24 heavy (non-hydrogen) atoms. The lowest BCUT2D eigenvalue weighted by Gasteiger charge is -2.30. The number of hydrogen-bond acceptors (Lipinski definition) is 3. The highest BCUT2D eigenvalue weighted by molar-refractivity contribution is 5.96. The van der Waals surface area contributed by atoms with Gasteiger partial charge < -0.3 is 10.2 Å². The van der Waals surface area contributed by atoms with Crippen LogP contribution in [0.3, 0.4) is 0 Å². The van der Waals surface area contributed by atoms with E-state index in [1.54, 1.807) is 22.0 Å². The third-order valence-electron chi connectivity index (χ3n) is 4.23. The van der Waals surface area contributed by atoms with Crippen molar-refractivity contribution < 1.29 is 9.59 Å². The molecule has 0 aliphatic heterocycles. The van der Waals surface area contributed by atoms with Gasteiger partial charge in [-0.1, -0.05) is 12.8 Å². The summed E-state index contributed by atoms with van der Waals surface area (Å²) in [5.41, 5.74) is 0.253. The molecule has 1 aliphatic rings. The highest BCUT2D eigenvalue weighted by Gasteiger charge is 2.30. The standard InChI is InChI=1S/C18H30N4O2/c1-13(2)22-11-14(10-19-22)17(24)21(15-8-6-7-9-15)12-16(23)20-18(3,4)5/h10-11,13,15H,6-9,12H2,1-5H3,(H,20,23). The summed E-state index contributed by atoms with van der Waals surface area (Å²) < 4.78 is 1.77. The molecule has 0 radical (unpaired) electrons. The molecule has 1 fully saturated rings. The first-order valence-corrected chi connectivity index (χ1v) is 8.83. The third kappa shape index (κ3) is 4.82. The van der Waals surface area contributed by atoms with Gasteiger partial charge in [-0.25, -0.2) is 0 Å². The summed E-state index contributed by atoms with van der Waals surface area (Å²) in [6.07, 6.45) is 7.53. The van der Waals surface area contributed by atoms with Gasteiger partial charge in [0.1, 0.15) is 6.54 Å². The number of nitrogens with zero attached hydrogens (tertiary/aromatic N) is 3. The van der Waals surface area contributed by atoms with E-state index >= 15 is 0 Å². The van der Waals surface area contributed by atoms with Crippen LogP contribution in [0.4, 0.5) is 0 Å². The number of hydrogen-bond donors (Lipinski definition) is 1. The van der Waals surface area contributed by atoms with Crippen LogP contribution in [0.25, 0.3) is 0 Å². The molecule has 134 valence electrons. The molecule has 6 nitrogen and oxygen atoms in total. The summed E-state index contributed by atoms with van der Waals surface area (Å²) in [6, 6.07) is 0.348. The van der Waals surface area contributed by atoms with Crippen molar-refractivity contribution in [3.05, 3.63) is 18.0 Å². The van der Waals surface area contributed by atoms with Crippen LogP contribution in [0.2, 0.25) is 0 Å². The highest BCUT2D eigenvalue weighted by atomic mass is 16.2. The molecule has 1 heterocycles. The second-order valence-corrected chi connectivity index (χ2v) is 7.97. The number of rotatable bonds is 5. The number of carbonyl (C=O) groups excluding carboxylic acids is 2. The van der Waals surface area contributed by atoms with E-state index < -0.39 is 0 Å². The monoisotopic (exact) mass is 334 g/mol. The van der Waals surface area contributed by atoms with Crippen molar-refractivity contribution in [3.63, 3.8) is 0 Å². The van der Waals surface area contributed by atoms with Crippen molar-refractivity contribution in [1.29, 1.82) is 0 Å². The van der Waals surface area contributed by atoms with Crippen molar-refractivity contribution in [3.8, 4) is 0 Å². The Morgan fingerprint density at radius 1 is 1.33 bits per heavy atom. The van der Waals surface area contributed by atoms with Crippen molar-refractivity contribution in [2.45, 2.75) is 77.9 Å². The predicted octanol–water partition coefficient (Wildman–Crippen LogP) is 2.76. The molecule has 0 spiro atoms. The van der Waals surface area contributed by atoms with Crippen LogP contribution in [0, 0.1) is 0 Å². The molecular weight excluding hydrogens is 304 g/mol. The summed E-state index contributed by atoms with van der Waals surface area (Å²) in [5, 5.41) is 7.20. The van der Waals surface area contributed by atoms with Crippen molar-refractivity contribution in [1.82, 2.24) is 20.0 Å². The van der Waals surface area contributed by atoms with E-state index in [1.165, 1.54) is 0 Å². The van der Waals surface area contributed by atoms with Gasteiger partial charge in [0.05, 0.1) is 11.8 Å². The Kier molecular flexibility index (Phi) is 5.67. The fraction of sp³-hybridized carbons (Fsp3) is 0.722. The maximum atomic E-state index is 13.0. The maximum absolute atomic E-state index is 13.0. The van der Waals surface area contributed by atoms with Crippen LogP contribution in [0.15, 0.2) is 12.4 Å². The molecule has 0 unspecified atom stereocenters. The average Bonchev–Trinajstić information content (AvgIpc) is 3.13. The van der Waals surface area contributed by atoms with Gasteiger partial charge in [0.25, 0.3) is 5.91 Å². The minimum Gasteiger partial charge on any atom is -0.350 e. The Morgan fingerprint density at radius 2 is 1.96 bits per heavy atom. The summed E-state index contributed by atoms with van der Waals surface area (Å²) in [6.45, 7) is 9.98. The minimum atomic E-state index is -0.302. The molecule has 2 amide bonds. The van der Waals surface area contributed by atoms with Crippen LogP contribution < -0.4 is 5.32 Å². The topological polar surface area (TPSA) is 67.2 Å². The van der Waals surface area contributed by atoms with Crippen LogP contribution in [0.5, 0.6) is 0 Å². The zero-order valence-corrected chi connectivity index (χ0v) is 15.5. The van der Waals surface area contributed by atoms with E-state index in [0.29, 0.717) is 5.56 Å². The molecule has 1 N–H and O–H groups in total. The third-order valence-corrected chi connectivity index (χ3v) is 4.23. The van der Waals surface area contributed by atoms with Crippen molar-refractivity contribution in [2.75, 3.05) is 6.54 Å². The smallest absolute Gasteiger partial charge is 0.257 e. The lowest BCUT2D eigenvalue weighted by atomic mass is 10.1. The minimum absolute atomic E-state index is 0.0992. The van der Waals surface area contributed by atoms with E-state index in [4.69, 9.17) is 0 Å². The highest BCUT2D eigenvalue weighted by Crippen LogP contribution is 2.25. The van der Waals surface area contributed by atoms with E-state index in [-0.39, 0.29) is 36.0 Å². The molecule has 1 aromatic rings. The number of nitrogens with one attached hydrogen (secondary N) is 1. The van der Waals surface area contributed by atoms with Gasteiger partial charge in [-0.05, 0) is 47.5 Å². The first kappa shape index (κ1) is 18.5. The van der Waals surface area contributed by atoms with Gasteiger partial charge in [-0.3, -0.25) is 14.3 Å². The molecule has 0 saturated heterocycles. The van der Waals surface area contributed by atoms with Crippen molar-refractivity contribution >= 4 is 11.8 Å². The largest absolute Gasteiger partial charge is 0.350 e. The van der Waals surface area contributed by atoms with Gasteiger partial charge in [0.15, 0.2) is 0 Å². The second-order valence-electron chi connectivity index (χ2n) is 7.97. The molecule has 1 aliphatic carbocycles. The first-order valence-electron chi connectivity index (χ1n) is 8.83. The quantitative estimate of drug-likeness (QED) is 0.900. The number of amides is 2. The van der Waals surface area contributed by atoms with Crippen LogP contribution in [-0.4, -0.2) is 44.6 Å². The average molecular weight is 334 g/mol. The van der Waals surface area contributed by atoms with Gasteiger partial charge in [-0.15, -0.1) is 0 Å².